The van der Waals surface area contributed by atoms with Gasteiger partial charge in [0, 0.05) is 44.1 Å². The number of nitrogens with one attached hydrogen (secondary N) is 2. The van der Waals surface area contributed by atoms with Crippen LogP contribution in [0.2, 0.25) is 0 Å². The third-order valence-corrected chi connectivity index (χ3v) is 7.41. The highest BCUT2D eigenvalue weighted by Crippen LogP contribution is 2.33. The lowest BCUT2D eigenvalue weighted by atomic mass is 10.1. The number of H-pyrrole nitrogens is 1. The van der Waals surface area contributed by atoms with Crippen molar-refractivity contribution in [1.82, 2.24) is 34.7 Å². The van der Waals surface area contributed by atoms with Crippen molar-refractivity contribution in [2.24, 2.45) is 0 Å². The molecule has 11 heteroatoms. The summed E-state index contributed by atoms with van der Waals surface area (Å²) in [6, 6.07) is 12.0. The summed E-state index contributed by atoms with van der Waals surface area (Å²) in [7, 11) is 0. The summed E-state index contributed by atoms with van der Waals surface area (Å²) in [5.41, 5.74) is 4.29. The molecule has 5 rings (SSSR count). The second-order valence-corrected chi connectivity index (χ2v) is 11.4. The lowest BCUT2D eigenvalue weighted by molar-refractivity contribution is 0.0136. The number of hydrogen-bond acceptors (Lipinski definition) is 9. The molecule has 10 nitrogen and oxygen atoms in total. The van der Waals surface area contributed by atoms with Crippen molar-refractivity contribution in [3.05, 3.63) is 60.2 Å². The summed E-state index contributed by atoms with van der Waals surface area (Å²) in [6.07, 6.45) is 5.44. The molecule has 0 aliphatic carbocycles. The van der Waals surface area contributed by atoms with E-state index in [9.17, 15) is 4.79 Å². The Morgan fingerprint density at radius 2 is 1.82 bits per heavy atom. The van der Waals surface area contributed by atoms with E-state index in [0.717, 1.165) is 46.8 Å². The second kappa shape index (κ2) is 11.2. The molecule has 1 aromatic carbocycles. The summed E-state index contributed by atoms with van der Waals surface area (Å²) in [6.45, 7) is 10.4. The number of rotatable bonds is 6. The average molecular weight is 547 g/mol. The largest absolute Gasteiger partial charge is 0.444 e. The van der Waals surface area contributed by atoms with Crippen LogP contribution >= 0.6 is 11.8 Å². The smallest absolute Gasteiger partial charge is 0.410 e. The standard InChI is InChI=1S/C28H34N8O2S/c1-18-29-11-9-21(31-18)19-6-7-22-23(16-19)33-26(32-22)34-24-17-20(8-10-30-24)25(39-5)35-12-14-36(15-13-35)27(37)38-28(2,3)4/h6-11,16-17,25H,12-15H2,1-5H3,(H2,30,32,33,34). The van der Waals surface area contributed by atoms with Crippen molar-refractivity contribution >= 4 is 40.7 Å². The highest BCUT2D eigenvalue weighted by Gasteiger charge is 2.29. The van der Waals surface area contributed by atoms with Gasteiger partial charge in [0.2, 0.25) is 5.95 Å². The first-order valence-electron chi connectivity index (χ1n) is 13.0. The summed E-state index contributed by atoms with van der Waals surface area (Å²) >= 11 is 1.77. The number of aromatic amines is 1. The Bertz CT molecular complexity index is 1460. The van der Waals surface area contributed by atoms with Crippen LogP contribution in [0.5, 0.6) is 0 Å². The van der Waals surface area contributed by atoms with Gasteiger partial charge < -0.3 is 19.9 Å². The summed E-state index contributed by atoms with van der Waals surface area (Å²) in [5.74, 6) is 2.07. The number of thioether (sulfide) groups is 1. The molecule has 0 radical (unpaired) electrons. The minimum Gasteiger partial charge on any atom is -0.444 e. The first kappa shape index (κ1) is 26.9. The number of fused-ring (bicyclic) bond motifs is 1. The Labute approximate surface area is 232 Å². The number of piperazine rings is 1. The van der Waals surface area contributed by atoms with Crippen LogP contribution < -0.4 is 5.32 Å². The monoisotopic (exact) mass is 546 g/mol. The first-order valence-corrected chi connectivity index (χ1v) is 14.2. The number of amides is 1. The molecular weight excluding hydrogens is 512 g/mol. The normalized spacial score (nSPS) is 15.4. The van der Waals surface area contributed by atoms with Gasteiger partial charge in [0.05, 0.1) is 22.1 Å². The second-order valence-electron chi connectivity index (χ2n) is 10.5. The van der Waals surface area contributed by atoms with Gasteiger partial charge in [0.25, 0.3) is 0 Å². The van der Waals surface area contributed by atoms with Crippen molar-refractivity contribution in [2.45, 2.75) is 38.7 Å². The molecule has 1 atom stereocenters. The molecule has 0 bridgehead atoms. The Morgan fingerprint density at radius 1 is 1.05 bits per heavy atom. The van der Waals surface area contributed by atoms with E-state index in [1.165, 1.54) is 0 Å². The maximum atomic E-state index is 12.5. The fourth-order valence-corrected chi connectivity index (χ4v) is 5.52. The summed E-state index contributed by atoms with van der Waals surface area (Å²) < 4.78 is 5.54. The molecular formula is C28H34N8O2S. The Morgan fingerprint density at radius 3 is 2.54 bits per heavy atom. The van der Waals surface area contributed by atoms with Gasteiger partial charge in [0.1, 0.15) is 17.2 Å². The molecule has 3 aromatic heterocycles. The van der Waals surface area contributed by atoms with Crippen LogP contribution in [0.25, 0.3) is 22.3 Å². The number of aromatic nitrogens is 5. The van der Waals surface area contributed by atoms with Crippen molar-refractivity contribution in [1.29, 1.82) is 0 Å². The van der Waals surface area contributed by atoms with Gasteiger partial charge in [-0.1, -0.05) is 6.07 Å². The van der Waals surface area contributed by atoms with Crippen molar-refractivity contribution in [3.8, 4) is 11.3 Å². The fourth-order valence-electron chi connectivity index (χ4n) is 4.60. The predicted octanol–water partition coefficient (Wildman–Crippen LogP) is 5.38. The van der Waals surface area contributed by atoms with Crippen LogP contribution in [0.1, 0.15) is 37.5 Å². The highest BCUT2D eigenvalue weighted by atomic mass is 32.2. The van der Waals surface area contributed by atoms with Gasteiger partial charge in [-0.3, -0.25) is 4.90 Å². The van der Waals surface area contributed by atoms with Gasteiger partial charge in [-0.25, -0.2) is 24.7 Å². The molecule has 4 heterocycles. The van der Waals surface area contributed by atoms with E-state index >= 15 is 0 Å². The van der Waals surface area contributed by atoms with Crippen LogP contribution in [0.4, 0.5) is 16.6 Å². The number of nitrogens with zero attached hydrogens (tertiary/aromatic N) is 6. The van der Waals surface area contributed by atoms with E-state index in [4.69, 9.17) is 9.72 Å². The van der Waals surface area contributed by atoms with E-state index in [0.29, 0.717) is 24.9 Å². The molecule has 1 unspecified atom stereocenters. The Kier molecular flexibility index (Phi) is 7.72. The van der Waals surface area contributed by atoms with Crippen molar-refractivity contribution in [2.75, 3.05) is 37.8 Å². The van der Waals surface area contributed by atoms with Gasteiger partial charge >= 0.3 is 6.09 Å². The average Bonchev–Trinajstić information content (AvgIpc) is 3.30. The fraction of sp³-hybridized carbons (Fsp3) is 0.393. The van der Waals surface area contributed by atoms with Crippen molar-refractivity contribution in [3.63, 3.8) is 0 Å². The molecule has 39 heavy (non-hydrogen) atoms. The van der Waals surface area contributed by atoms with Gasteiger partial charge in [-0.2, -0.15) is 0 Å². The molecule has 4 aromatic rings. The molecule has 0 saturated carbocycles. The van der Waals surface area contributed by atoms with Crippen LogP contribution in [0, 0.1) is 6.92 Å². The van der Waals surface area contributed by atoms with Crippen LogP contribution in [-0.4, -0.2) is 78.8 Å². The van der Waals surface area contributed by atoms with E-state index in [-0.39, 0.29) is 11.5 Å². The molecule has 2 N–H and O–H groups in total. The number of anilines is 2. The predicted molar refractivity (Wildman–Crippen MR) is 155 cm³/mol. The molecule has 1 aliphatic rings. The van der Waals surface area contributed by atoms with Crippen LogP contribution in [0.15, 0.2) is 48.8 Å². The number of aryl methyl sites for hydroxylation is 1. The SMILES string of the molecule is CSC(c1ccnc(Nc2nc3ccc(-c4ccnc(C)n4)cc3[nH]2)c1)N1CCN(C(=O)OC(C)(C)C)CC1. The number of hydrogen-bond donors (Lipinski definition) is 2. The zero-order valence-corrected chi connectivity index (χ0v) is 23.7. The molecule has 1 fully saturated rings. The maximum Gasteiger partial charge on any atom is 0.410 e. The third kappa shape index (κ3) is 6.48. The highest BCUT2D eigenvalue weighted by molar-refractivity contribution is 7.98. The molecule has 1 amide bonds. The zero-order chi connectivity index (χ0) is 27.6. The molecule has 1 saturated heterocycles. The Balaban J connectivity index is 1.27. The molecule has 0 spiro atoms. The van der Waals surface area contributed by atoms with Gasteiger partial charge in [-0.15, -0.1) is 11.8 Å². The number of ether oxygens (including phenoxy) is 1. The maximum absolute atomic E-state index is 12.5. The lowest BCUT2D eigenvalue weighted by Crippen LogP contribution is -2.50. The number of carbonyl (C=O) groups is 1. The van der Waals surface area contributed by atoms with E-state index < -0.39 is 5.60 Å². The van der Waals surface area contributed by atoms with Crippen LogP contribution in [0.3, 0.4) is 0 Å². The van der Waals surface area contributed by atoms with E-state index in [1.807, 2.05) is 64.2 Å². The van der Waals surface area contributed by atoms with E-state index in [2.05, 4.69) is 42.5 Å². The van der Waals surface area contributed by atoms with Crippen molar-refractivity contribution < 1.29 is 9.53 Å². The van der Waals surface area contributed by atoms with Gasteiger partial charge in [-0.05, 0) is 69.8 Å². The third-order valence-electron chi connectivity index (χ3n) is 6.39. The number of carbonyl (C=O) groups excluding carboxylic acids is 1. The number of pyridine rings is 1. The minimum absolute atomic E-state index is 0.142. The van der Waals surface area contributed by atoms with Crippen LogP contribution in [-0.2, 0) is 4.74 Å². The Hall–Kier alpha value is -3.70. The number of imidazole rings is 1. The minimum atomic E-state index is -0.492. The molecule has 204 valence electrons. The number of benzene rings is 1. The lowest BCUT2D eigenvalue weighted by Gasteiger charge is -2.39. The van der Waals surface area contributed by atoms with Gasteiger partial charge in [0.15, 0.2) is 0 Å². The summed E-state index contributed by atoms with van der Waals surface area (Å²) in [4.78, 5) is 37.9. The molecule has 1 aliphatic heterocycles. The zero-order valence-electron chi connectivity index (χ0n) is 22.9. The quantitative estimate of drug-likeness (QED) is 0.329. The van der Waals surface area contributed by atoms with E-state index in [1.54, 1.807) is 22.9 Å². The summed E-state index contributed by atoms with van der Waals surface area (Å²) in [5, 5.41) is 3.47. The first-order chi connectivity index (χ1) is 18.7. The topological polar surface area (TPSA) is 112 Å².